The average molecular weight is 1140 g/mol. The van der Waals surface area contributed by atoms with Crippen molar-refractivity contribution >= 4 is 70.6 Å². The van der Waals surface area contributed by atoms with Crippen LogP contribution in [-0.4, -0.2) is 185 Å². The van der Waals surface area contributed by atoms with Gasteiger partial charge in [0.15, 0.2) is 6.10 Å². The first-order valence-corrected chi connectivity index (χ1v) is 28.4. The number of allylic oxidation sites excluding steroid dienone is 3. The Morgan fingerprint density at radius 1 is 0.936 bits per heavy atom. The lowest BCUT2D eigenvalue weighted by Gasteiger charge is -2.41. The van der Waals surface area contributed by atoms with Crippen molar-refractivity contribution in [1.82, 2.24) is 20.9 Å². The van der Waals surface area contributed by atoms with Gasteiger partial charge < -0.3 is 58.5 Å². The van der Waals surface area contributed by atoms with Crippen molar-refractivity contribution in [2.24, 2.45) is 11.8 Å². The fraction of sp³-hybridized carbons (Fsp3) is 0.691. The Labute approximate surface area is 468 Å². The smallest absolute Gasteiger partial charge is 0.409 e. The number of fused-ring (bicyclic) bond motifs is 5. The standard InChI is InChI=1S/C43H59ClN4O11S.C12H25NO5/c1-9-45-34(49)14-15-48-36(51)21-32(39(48)52)60-17-11-16-56-28(6)40(53)58-33-22-35(50)47(8)30-20-29(19-25(3)37(30)44)18-24(2)12-10-13-26(4)43(55)23-31(57-41(54)46-43)27(5)38-42(33,7)59-38;1-3-15-6-7-17-10-11-18-9-8-16-5-4-12(14)13-2/h10,12-13,19-20,26-28,31-33,38,55H,9,11,14-18,21-23H2,1-8H3,(H,45,49)(H,46,54);3-11H2,1-2H3,(H,13,14)/b13-10+,24-12+;/t26-,27-,28+,31?,32?,33+,38+,42+,43+;/m1./s1. The van der Waals surface area contributed by atoms with E-state index in [1.807, 2.05) is 65.0 Å². The first-order valence-electron chi connectivity index (χ1n) is 26.9. The number of benzene rings is 1. The number of nitrogens with one attached hydrogen (secondary N) is 3. The van der Waals surface area contributed by atoms with E-state index in [0.29, 0.717) is 95.1 Å². The number of imide groups is 1. The maximum Gasteiger partial charge on any atom is 0.409 e. The van der Waals surface area contributed by atoms with Gasteiger partial charge in [-0.25, -0.2) is 9.59 Å². The lowest BCUT2D eigenvalue weighted by atomic mass is 9.82. The molecule has 3 saturated heterocycles. The number of amides is 6. The number of hydrogen-bond donors (Lipinski definition) is 4. The number of carbonyl (C=O) groups is 7. The van der Waals surface area contributed by atoms with E-state index in [-0.39, 0.29) is 68.4 Å². The van der Waals surface area contributed by atoms with Crippen LogP contribution < -0.4 is 20.9 Å². The number of likely N-dealkylation sites (tertiary alicyclic amines) is 1. The summed E-state index contributed by atoms with van der Waals surface area (Å²) >= 11 is 8.11. The molecule has 6 amide bonds. The number of esters is 1. The van der Waals surface area contributed by atoms with E-state index in [2.05, 4.69) is 16.0 Å². The summed E-state index contributed by atoms with van der Waals surface area (Å²) in [5.41, 5.74) is 0.439. The number of aryl methyl sites for hydroxylation is 1. The Balaban J connectivity index is 0.000000622. The number of nitrogens with zero attached hydrogens (tertiary/aromatic N) is 2. The highest BCUT2D eigenvalue weighted by atomic mass is 35.5. The van der Waals surface area contributed by atoms with Gasteiger partial charge in [-0.15, -0.1) is 11.8 Å². The molecule has 438 valence electrons. The number of rotatable bonds is 25. The molecule has 4 aliphatic rings. The van der Waals surface area contributed by atoms with Crippen LogP contribution in [0.2, 0.25) is 5.02 Å². The molecule has 4 aliphatic heterocycles. The van der Waals surface area contributed by atoms with E-state index in [4.69, 9.17) is 49.5 Å². The number of ether oxygens (including phenoxy) is 8. The van der Waals surface area contributed by atoms with Crippen LogP contribution >= 0.6 is 23.4 Å². The van der Waals surface area contributed by atoms with E-state index in [1.54, 1.807) is 34.9 Å². The molecule has 23 heteroatoms. The van der Waals surface area contributed by atoms with Gasteiger partial charge in [-0.1, -0.05) is 55.3 Å². The summed E-state index contributed by atoms with van der Waals surface area (Å²) < 4.78 is 44.8. The van der Waals surface area contributed by atoms with Crippen LogP contribution in [-0.2, 0) is 73.1 Å². The van der Waals surface area contributed by atoms with Crippen LogP contribution in [0.15, 0.2) is 35.9 Å². The van der Waals surface area contributed by atoms with Gasteiger partial charge in [-0.2, -0.15) is 0 Å². The molecule has 0 radical (unpaired) electrons. The molecule has 4 bridgehead atoms. The molecule has 0 saturated carbocycles. The molecule has 2 unspecified atom stereocenters. The molecular formula is C55H84ClN5O16S. The number of aliphatic hydroxyl groups is 1. The zero-order valence-corrected chi connectivity index (χ0v) is 48.7. The van der Waals surface area contributed by atoms with Gasteiger partial charge in [-0.05, 0) is 77.3 Å². The van der Waals surface area contributed by atoms with Crippen LogP contribution in [0.4, 0.5) is 10.5 Å². The highest BCUT2D eigenvalue weighted by Gasteiger charge is 2.64. The number of thioether (sulfide) groups is 1. The fourth-order valence-corrected chi connectivity index (χ4v) is 10.3. The SMILES string of the molecule is CCNC(=O)CCN1C(=O)CC(SCCCO[C@@H](C)C(=O)O[C@H]2CC(=O)N(C)c3cc(cc(C)c3Cl)C/C(C)=C/C=C/[C@@H](C)[C@@]3(O)CC(OC(=O)N3)[C@@H](C)[C@@H]3O[C@@]23C)C1=O.CCOCCOCCOCCOCCC(=O)NC. The predicted molar refractivity (Wildman–Crippen MR) is 294 cm³/mol. The zero-order chi connectivity index (χ0) is 57.6. The van der Waals surface area contributed by atoms with E-state index < -0.39 is 64.9 Å². The second-order valence-electron chi connectivity index (χ2n) is 19.9. The van der Waals surface area contributed by atoms with Crippen molar-refractivity contribution in [2.75, 3.05) is 97.3 Å². The largest absolute Gasteiger partial charge is 0.457 e. The van der Waals surface area contributed by atoms with Crippen LogP contribution in [0.25, 0.3) is 0 Å². The molecule has 78 heavy (non-hydrogen) atoms. The van der Waals surface area contributed by atoms with Crippen LogP contribution in [0.1, 0.15) is 98.1 Å². The summed E-state index contributed by atoms with van der Waals surface area (Å²) in [6.07, 6.45) is 2.66. The van der Waals surface area contributed by atoms with Crippen molar-refractivity contribution in [3.8, 4) is 0 Å². The van der Waals surface area contributed by atoms with E-state index in [9.17, 15) is 38.7 Å². The van der Waals surface area contributed by atoms with Gasteiger partial charge in [0.2, 0.25) is 29.5 Å². The quantitative estimate of drug-likeness (QED) is 0.0436. The van der Waals surface area contributed by atoms with Crippen LogP contribution in [0, 0.1) is 18.8 Å². The molecular weight excluding hydrogens is 1050 g/mol. The molecule has 9 atom stereocenters. The van der Waals surface area contributed by atoms with Gasteiger partial charge >= 0.3 is 12.1 Å². The second-order valence-corrected chi connectivity index (χ2v) is 21.6. The number of halogens is 1. The summed E-state index contributed by atoms with van der Waals surface area (Å²) in [6.45, 7) is 19.7. The van der Waals surface area contributed by atoms with Crippen molar-refractivity contribution in [2.45, 2.75) is 141 Å². The third-order valence-corrected chi connectivity index (χ3v) is 15.7. The molecule has 0 spiro atoms. The molecule has 0 aromatic heterocycles. The molecule has 21 nitrogen and oxygen atoms in total. The van der Waals surface area contributed by atoms with E-state index >= 15 is 0 Å². The lowest BCUT2D eigenvalue weighted by molar-refractivity contribution is -0.165. The molecule has 1 aromatic carbocycles. The first kappa shape index (κ1) is 65.9. The summed E-state index contributed by atoms with van der Waals surface area (Å²) in [7, 11) is 3.23. The maximum atomic E-state index is 14.1. The normalized spacial score (nSPS) is 26.8. The fourth-order valence-electron chi connectivity index (χ4n) is 9.01. The number of anilines is 1. The molecule has 4 N–H and O–H groups in total. The van der Waals surface area contributed by atoms with Gasteiger partial charge in [0.25, 0.3) is 0 Å². The number of hydrogen-bond acceptors (Lipinski definition) is 17. The summed E-state index contributed by atoms with van der Waals surface area (Å²) in [5.74, 6) is -2.44. The highest BCUT2D eigenvalue weighted by Crippen LogP contribution is 2.49. The van der Waals surface area contributed by atoms with Gasteiger partial charge in [-0.3, -0.25) is 34.2 Å². The molecule has 0 aliphatic carbocycles. The van der Waals surface area contributed by atoms with Gasteiger partial charge in [0, 0.05) is 77.9 Å². The minimum absolute atomic E-state index is 0.0152. The van der Waals surface area contributed by atoms with Crippen molar-refractivity contribution in [3.63, 3.8) is 0 Å². The Bertz CT molecular complexity index is 2260. The third-order valence-electron chi connectivity index (χ3n) is 13.9. The Hall–Kier alpha value is -4.65. The van der Waals surface area contributed by atoms with Crippen LogP contribution in [0.3, 0.4) is 0 Å². The summed E-state index contributed by atoms with van der Waals surface area (Å²) in [6, 6.07) is 3.83. The highest BCUT2D eigenvalue weighted by molar-refractivity contribution is 8.00. The molecule has 4 heterocycles. The first-order chi connectivity index (χ1) is 37.1. The third kappa shape index (κ3) is 20.2. The predicted octanol–water partition coefficient (Wildman–Crippen LogP) is 4.98. The zero-order valence-electron chi connectivity index (χ0n) is 47.1. The average Bonchev–Trinajstić information content (AvgIpc) is 4.12. The van der Waals surface area contributed by atoms with E-state index in [1.165, 1.54) is 16.7 Å². The van der Waals surface area contributed by atoms with Crippen molar-refractivity contribution < 1.29 is 76.6 Å². The Morgan fingerprint density at radius 2 is 1.60 bits per heavy atom. The lowest BCUT2D eigenvalue weighted by Crippen LogP contribution is -2.60. The number of alkyl carbamates (subject to hydrolysis) is 1. The van der Waals surface area contributed by atoms with Gasteiger partial charge in [0.05, 0.1) is 74.7 Å². The Morgan fingerprint density at radius 3 is 2.26 bits per heavy atom. The second kappa shape index (κ2) is 32.6. The number of carbonyl (C=O) groups excluding carboxylic acids is 7. The molecule has 1 aromatic rings. The van der Waals surface area contributed by atoms with Gasteiger partial charge in [0.1, 0.15) is 23.5 Å². The van der Waals surface area contributed by atoms with Crippen molar-refractivity contribution in [1.29, 1.82) is 0 Å². The minimum Gasteiger partial charge on any atom is -0.457 e. The monoisotopic (exact) mass is 1140 g/mol. The van der Waals surface area contributed by atoms with E-state index in [0.717, 1.165) is 21.6 Å². The van der Waals surface area contributed by atoms with Crippen LogP contribution in [0.5, 0.6) is 0 Å². The Kier molecular flexibility index (Phi) is 27.5. The maximum absolute atomic E-state index is 14.1. The minimum atomic E-state index is -1.61. The molecule has 3 fully saturated rings. The molecule has 5 rings (SSSR count). The topological polar surface area (TPSA) is 259 Å². The summed E-state index contributed by atoms with van der Waals surface area (Å²) in [5, 5.41) is 19.3. The number of epoxide rings is 1. The summed E-state index contributed by atoms with van der Waals surface area (Å²) in [4.78, 5) is 91.2. The van der Waals surface area contributed by atoms with Crippen molar-refractivity contribution in [3.05, 3.63) is 52.1 Å².